The van der Waals surface area contributed by atoms with Crippen LogP contribution in [-0.2, 0) is 19.1 Å². The predicted octanol–water partition coefficient (Wildman–Crippen LogP) is 17.2. The molecule has 5 heteroatoms. The summed E-state index contributed by atoms with van der Waals surface area (Å²) in [6.07, 6.45) is 83.5. The first kappa shape index (κ1) is 60.5. The molecule has 0 saturated carbocycles. The van der Waals surface area contributed by atoms with E-state index in [1.807, 2.05) is 0 Å². The summed E-state index contributed by atoms with van der Waals surface area (Å²) in [4.78, 5) is 24.3. The lowest BCUT2D eigenvalue weighted by Gasteiger charge is -2.15. The minimum atomic E-state index is -0.798. The van der Waals surface area contributed by atoms with Gasteiger partial charge in [-0.1, -0.05) is 210 Å². The van der Waals surface area contributed by atoms with Gasteiger partial charge in [-0.2, -0.15) is 0 Å². The molecule has 0 aromatic rings. The third kappa shape index (κ3) is 52.0. The van der Waals surface area contributed by atoms with Gasteiger partial charge in [0.05, 0.1) is 6.61 Å². The first-order valence-corrected chi connectivity index (χ1v) is 25.5. The Bertz CT molecular complexity index is 1470. The van der Waals surface area contributed by atoms with Gasteiger partial charge in [-0.15, -0.1) is 0 Å². The van der Waals surface area contributed by atoms with Crippen LogP contribution in [0.15, 0.2) is 158 Å². The third-order valence-electron chi connectivity index (χ3n) is 10.0. The van der Waals surface area contributed by atoms with E-state index in [0.717, 1.165) is 141 Å². The van der Waals surface area contributed by atoms with Crippen molar-refractivity contribution < 1.29 is 24.2 Å². The maximum Gasteiger partial charge on any atom is 0.306 e. The van der Waals surface area contributed by atoms with Gasteiger partial charge < -0.3 is 14.6 Å². The van der Waals surface area contributed by atoms with E-state index in [-0.39, 0.29) is 25.2 Å². The van der Waals surface area contributed by atoms with Gasteiger partial charge >= 0.3 is 11.9 Å². The fraction of sp³-hybridized carbons (Fsp3) is 0.533. The molecule has 0 spiro atoms. The zero-order valence-electron chi connectivity index (χ0n) is 41.2. The maximum absolute atomic E-state index is 12.2. The zero-order chi connectivity index (χ0) is 47.0. The first-order chi connectivity index (χ1) is 32.1. The van der Waals surface area contributed by atoms with E-state index in [9.17, 15) is 14.7 Å². The van der Waals surface area contributed by atoms with E-state index in [1.165, 1.54) is 19.3 Å². The topological polar surface area (TPSA) is 72.8 Å². The van der Waals surface area contributed by atoms with Gasteiger partial charge in [0.2, 0.25) is 0 Å². The Morgan fingerprint density at radius 3 is 1.02 bits per heavy atom. The lowest BCUT2D eigenvalue weighted by molar-refractivity contribution is -0.161. The van der Waals surface area contributed by atoms with E-state index in [2.05, 4.69) is 172 Å². The van der Waals surface area contributed by atoms with Gasteiger partial charge in [-0.3, -0.25) is 9.59 Å². The van der Waals surface area contributed by atoms with Crippen molar-refractivity contribution >= 4 is 11.9 Å². The second kappa shape index (κ2) is 53.9. The fourth-order valence-electron chi connectivity index (χ4n) is 6.24. The van der Waals surface area contributed by atoms with E-state index in [4.69, 9.17) is 9.47 Å². The van der Waals surface area contributed by atoms with Crippen LogP contribution >= 0.6 is 0 Å². The van der Waals surface area contributed by atoms with E-state index >= 15 is 0 Å². The molecule has 0 aromatic carbocycles. The molecule has 362 valence electrons. The highest BCUT2D eigenvalue weighted by molar-refractivity contribution is 5.70. The second-order valence-corrected chi connectivity index (χ2v) is 16.2. The van der Waals surface area contributed by atoms with Crippen molar-refractivity contribution in [2.45, 2.75) is 193 Å². The standard InChI is InChI=1S/C60H92O5/c1-3-5-7-9-11-13-15-16-17-18-19-20-21-22-23-24-25-26-27-28-29-30-31-32-33-34-35-36-37-38-39-40-41-42-43-44-45-47-49-51-53-55-60(63)65-58(56-61)57-64-59(62)54-52-50-48-46-14-12-10-8-6-4-2/h5,7-8,10-11,13,16-17,19-20,22-23,25-26,28-29,31-32,34-35,37-38,40-41,43-44,58,61H,3-4,6,9,12,14-15,18,21,24,27,30,33,36,39,42,45-57H2,1-2H3/b7-5-,10-8-,13-11-,17-16-,20-19-,23-22-,26-25-,29-28-,32-31-,35-34-,38-37-,41-40-,44-43-. The number of esters is 2. The summed E-state index contributed by atoms with van der Waals surface area (Å²) in [6, 6.07) is 0. The lowest BCUT2D eigenvalue weighted by Crippen LogP contribution is -2.28. The monoisotopic (exact) mass is 893 g/mol. The number of hydrogen-bond donors (Lipinski definition) is 1. The quantitative estimate of drug-likeness (QED) is 0.0375. The molecule has 5 nitrogen and oxygen atoms in total. The fourth-order valence-corrected chi connectivity index (χ4v) is 6.24. The molecule has 1 N–H and O–H groups in total. The Labute approximate surface area is 399 Å². The van der Waals surface area contributed by atoms with Crippen molar-refractivity contribution in [2.75, 3.05) is 13.2 Å². The Hall–Kier alpha value is -4.48. The Balaban J connectivity index is 3.70. The average Bonchev–Trinajstić information content (AvgIpc) is 3.31. The number of allylic oxidation sites excluding steroid dienone is 26. The molecule has 0 aliphatic carbocycles. The van der Waals surface area contributed by atoms with Gasteiger partial charge in [0.1, 0.15) is 6.61 Å². The van der Waals surface area contributed by atoms with Crippen LogP contribution in [0, 0.1) is 0 Å². The minimum Gasteiger partial charge on any atom is -0.462 e. The third-order valence-corrected chi connectivity index (χ3v) is 10.0. The summed E-state index contributed by atoms with van der Waals surface area (Å²) in [5, 5.41) is 9.57. The van der Waals surface area contributed by atoms with Crippen LogP contribution in [0.25, 0.3) is 0 Å². The van der Waals surface area contributed by atoms with Crippen molar-refractivity contribution in [1.82, 2.24) is 0 Å². The van der Waals surface area contributed by atoms with E-state index < -0.39 is 6.10 Å². The van der Waals surface area contributed by atoms with Crippen molar-refractivity contribution in [3.05, 3.63) is 158 Å². The van der Waals surface area contributed by atoms with Crippen molar-refractivity contribution in [3.63, 3.8) is 0 Å². The number of unbranched alkanes of at least 4 members (excludes halogenated alkanes) is 10. The lowest BCUT2D eigenvalue weighted by atomic mass is 10.1. The number of carbonyl (C=O) groups is 2. The second-order valence-electron chi connectivity index (χ2n) is 16.2. The summed E-state index contributed by atoms with van der Waals surface area (Å²) in [5.74, 6) is -0.648. The SMILES string of the molecule is CC/C=C\C/C=C\C/C=C\C/C=C\C/C=C\C/C=C\C/C=C\C/C=C\C/C=C\C/C=C\C/C=C\C/C=C\CCCCCCC(=O)OC(CO)COC(=O)CCCCCCC/C=C\CCC. The number of carbonyl (C=O) groups excluding carboxylic acids is 2. The first-order valence-electron chi connectivity index (χ1n) is 25.5. The predicted molar refractivity (Wildman–Crippen MR) is 283 cm³/mol. The molecule has 0 bridgehead atoms. The minimum absolute atomic E-state index is 0.0905. The molecular weight excluding hydrogens is 801 g/mol. The highest BCUT2D eigenvalue weighted by Gasteiger charge is 2.16. The van der Waals surface area contributed by atoms with Crippen LogP contribution in [0.3, 0.4) is 0 Å². The Morgan fingerprint density at radius 1 is 0.369 bits per heavy atom. The van der Waals surface area contributed by atoms with Crippen molar-refractivity contribution in [3.8, 4) is 0 Å². The van der Waals surface area contributed by atoms with Crippen molar-refractivity contribution in [1.29, 1.82) is 0 Å². The molecule has 0 aliphatic heterocycles. The van der Waals surface area contributed by atoms with Gasteiger partial charge in [-0.25, -0.2) is 0 Å². The maximum atomic E-state index is 12.2. The molecular formula is C60H92O5. The summed E-state index contributed by atoms with van der Waals surface area (Å²) < 4.78 is 10.6. The highest BCUT2D eigenvalue weighted by Crippen LogP contribution is 2.11. The zero-order valence-corrected chi connectivity index (χ0v) is 41.2. The van der Waals surface area contributed by atoms with Crippen molar-refractivity contribution in [2.24, 2.45) is 0 Å². The molecule has 0 aliphatic rings. The number of rotatable bonds is 44. The molecule has 0 rings (SSSR count). The molecule has 0 aromatic heterocycles. The van der Waals surface area contributed by atoms with E-state index in [0.29, 0.717) is 12.8 Å². The van der Waals surface area contributed by atoms with Crippen LogP contribution in [-0.4, -0.2) is 36.4 Å². The molecule has 0 heterocycles. The Kier molecular flexibility index (Phi) is 50.1. The van der Waals surface area contributed by atoms with Crippen LogP contribution in [0.1, 0.15) is 187 Å². The van der Waals surface area contributed by atoms with Gasteiger partial charge in [0, 0.05) is 12.8 Å². The van der Waals surface area contributed by atoms with Gasteiger partial charge in [0.25, 0.3) is 0 Å². The molecule has 1 unspecified atom stereocenters. The van der Waals surface area contributed by atoms with Gasteiger partial charge in [-0.05, 0) is 122 Å². The molecule has 0 radical (unpaired) electrons. The molecule has 0 fully saturated rings. The molecule has 1 atom stereocenters. The summed E-state index contributed by atoms with van der Waals surface area (Å²) in [7, 11) is 0. The average molecular weight is 893 g/mol. The summed E-state index contributed by atoms with van der Waals surface area (Å²) >= 11 is 0. The Morgan fingerprint density at radius 2 is 0.662 bits per heavy atom. The largest absolute Gasteiger partial charge is 0.462 e. The van der Waals surface area contributed by atoms with Crippen LogP contribution in [0.4, 0.5) is 0 Å². The normalized spacial score (nSPS) is 13.6. The number of hydrogen-bond acceptors (Lipinski definition) is 5. The number of aliphatic hydroxyl groups is 1. The van der Waals surface area contributed by atoms with Crippen LogP contribution < -0.4 is 0 Å². The molecule has 0 saturated heterocycles. The smallest absolute Gasteiger partial charge is 0.306 e. The number of aliphatic hydroxyl groups excluding tert-OH is 1. The molecule has 0 amide bonds. The van der Waals surface area contributed by atoms with Crippen LogP contribution in [0.5, 0.6) is 0 Å². The summed E-state index contributed by atoms with van der Waals surface area (Å²) in [6.45, 7) is 3.90. The molecule has 65 heavy (non-hydrogen) atoms. The summed E-state index contributed by atoms with van der Waals surface area (Å²) in [5.41, 5.74) is 0. The van der Waals surface area contributed by atoms with Crippen LogP contribution in [0.2, 0.25) is 0 Å². The van der Waals surface area contributed by atoms with E-state index in [1.54, 1.807) is 0 Å². The number of ether oxygens (including phenoxy) is 2. The highest BCUT2D eigenvalue weighted by atomic mass is 16.6. The van der Waals surface area contributed by atoms with Gasteiger partial charge in [0.15, 0.2) is 6.10 Å².